The Morgan fingerprint density at radius 3 is 1.83 bits per heavy atom. The van der Waals surface area contributed by atoms with Gasteiger partial charge in [-0.2, -0.15) is 0 Å². The van der Waals surface area contributed by atoms with Gasteiger partial charge in [-0.1, -0.05) is 59.7 Å². The van der Waals surface area contributed by atoms with Crippen LogP contribution in [0.5, 0.6) is 0 Å². The lowest BCUT2D eigenvalue weighted by atomic mass is 10.1. The fourth-order valence-electron chi connectivity index (χ4n) is 1.99. The van der Waals surface area contributed by atoms with E-state index in [1.807, 2.05) is 13.8 Å². The van der Waals surface area contributed by atoms with Crippen molar-refractivity contribution in [1.29, 1.82) is 0 Å². The largest absolute Gasteiger partial charge is 0.304 e. The van der Waals surface area contributed by atoms with Gasteiger partial charge < -0.3 is 9.11 Å². The second-order valence-corrected chi connectivity index (χ2v) is 6.97. The molecule has 3 unspecified atom stereocenters. The predicted molar refractivity (Wildman–Crippen MR) is 93.2 cm³/mol. The average Bonchev–Trinajstić information content (AvgIpc) is 2.50. The summed E-state index contributed by atoms with van der Waals surface area (Å²) in [5, 5.41) is -1.25. The molecule has 0 fully saturated rings. The summed E-state index contributed by atoms with van der Waals surface area (Å²) in [6, 6.07) is 13.9. The molecule has 2 aromatic carbocycles. The van der Waals surface area contributed by atoms with Crippen molar-refractivity contribution in [2.24, 2.45) is 4.99 Å². The molecule has 0 heterocycles. The summed E-state index contributed by atoms with van der Waals surface area (Å²) in [7, 11) is 0. The topological polar surface area (TPSA) is 87.0 Å². The lowest BCUT2D eigenvalue weighted by Crippen LogP contribution is -2.13. The molecule has 0 radical (unpaired) electrons. The monoisotopic (exact) mass is 351 g/mol. The summed E-state index contributed by atoms with van der Waals surface area (Å²) < 4.78 is 42.3. The number of benzene rings is 2. The minimum absolute atomic E-state index is 0.127. The second-order valence-electron chi connectivity index (χ2n) is 5.09. The van der Waals surface area contributed by atoms with Gasteiger partial charge in [-0.15, -0.1) is 0 Å². The highest BCUT2D eigenvalue weighted by Gasteiger charge is 2.20. The van der Waals surface area contributed by atoms with Gasteiger partial charge in [-0.3, -0.25) is 0 Å². The molecule has 7 heteroatoms. The van der Waals surface area contributed by atoms with Gasteiger partial charge in [0.15, 0.2) is 21.5 Å². The van der Waals surface area contributed by atoms with Crippen LogP contribution in [-0.2, 0) is 22.2 Å². The van der Waals surface area contributed by atoms with Gasteiger partial charge in [-0.25, -0.2) is 13.4 Å². The standard InChI is InChI=1S/C16H17NO4S2/c1-11-3-7-13(8-4-11)15(22(18)19)17-16(23(20)21)14-9-5-12(2)6-10-14/h3-10,15H,1-2H3,(H,18,19)(H,20,21). The van der Waals surface area contributed by atoms with E-state index in [4.69, 9.17) is 0 Å². The zero-order valence-electron chi connectivity index (χ0n) is 12.7. The number of hydrogen-bond acceptors (Lipinski definition) is 3. The van der Waals surface area contributed by atoms with Crippen molar-refractivity contribution >= 4 is 27.2 Å². The highest BCUT2D eigenvalue weighted by molar-refractivity contribution is 7.96. The summed E-state index contributed by atoms with van der Waals surface area (Å²) in [6.45, 7) is 3.80. The molecule has 3 atom stereocenters. The maximum atomic E-state index is 11.7. The Labute approximate surface area is 140 Å². The molecule has 0 aliphatic heterocycles. The molecule has 0 aliphatic rings. The maximum absolute atomic E-state index is 11.7. The van der Waals surface area contributed by atoms with E-state index in [9.17, 15) is 17.5 Å². The smallest absolute Gasteiger partial charge is 0.205 e. The van der Waals surface area contributed by atoms with Gasteiger partial charge in [0.2, 0.25) is 11.1 Å². The zero-order valence-corrected chi connectivity index (χ0v) is 14.3. The van der Waals surface area contributed by atoms with Crippen molar-refractivity contribution in [3.63, 3.8) is 0 Å². The SMILES string of the molecule is Cc1ccc(C(=NC(c2ccc(C)cc2)S(=O)O)S(=O)O)cc1. The van der Waals surface area contributed by atoms with Crippen molar-refractivity contribution in [3.8, 4) is 0 Å². The highest BCUT2D eigenvalue weighted by atomic mass is 32.2. The molecule has 23 heavy (non-hydrogen) atoms. The van der Waals surface area contributed by atoms with Gasteiger partial charge in [-0.05, 0) is 19.4 Å². The number of hydrogen-bond donors (Lipinski definition) is 2. The summed E-state index contributed by atoms with van der Waals surface area (Å²) in [4.78, 5) is 4.09. The van der Waals surface area contributed by atoms with Crippen molar-refractivity contribution in [1.82, 2.24) is 0 Å². The second kappa shape index (κ2) is 7.74. The average molecular weight is 351 g/mol. The first kappa shape index (κ1) is 17.7. The Bertz CT molecular complexity index is 755. The van der Waals surface area contributed by atoms with Crippen LogP contribution in [0.1, 0.15) is 27.6 Å². The molecule has 5 nitrogen and oxygen atoms in total. The molecule has 0 aliphatic carbocycles. The Hall–Kier alpha value is -1.67. The summed E-state index contributed by atoms with van der Waals surface area (Å²) >= 11 is -4.68. The lowest BCUT2D eigenvalue weighted by molar-refractivity contribution is 0.551. The van der Waals surface area contributed by atoms with Crippen molar-refractivity contribution in [3.05, 3.63) is 70.8 Å². The third-order valence-corrected chi connectivity index (χ3v) is 4.68. The normalized spacial score (nSPS) is 15.9. The zero-order chi connectivity index (χ0) is 17.0. The van der Waals surface area contributed by atoms with E-state index in [1.54, 1.807) is 48.5 Å². The Morgan fingerprint density at radius 2 is 1.39 bits per heavy atom. The van der Waals surface area contributed by atoms with Gasteiger partial charge >= 0.3 is 0 Å². The van der Waals surface area contributed by atoms with Crippen LogP contribution in [0.4, 0.5) is 0 Å². The van der Waals surface area contributed by atoms with Crippen molar-refractivity contribution in [2.75, 3.05) is 0 Å². The van der Waals surface area contributed by atoms with Crippen LogP contribution in [0.25, 0.3) is 0 Å². The molecule has 0 saturated heterocycles. The van der Waals surface area contributed by atoms with E-state index in [2.05, 4.69) is 4.99 Å². The molecule has 122 valence electrons. The van der Waals surface area contributed by atoms with Crippen molar-refractivity contribution in [2.45, 2.75) is 19.2 Å². The molecule has 0 amide bonds. The van der Waals surface area contributed by atoms with E-state index >= 15 is 0 Å². The van der Waals surface area contributed by atoms with E-state index in [0.717, 1.165) is 11.1 Å². The number of aliphatic imine (C=N–C) groups is 1. The van der Waals surface area contributed by atoms with Gasteiger partial charge in [0, 0.05) is 5.56 Å². The first-order valence-electron chi connectivity index (χ1n) is 6.80. The summed E-state index contributed by atoms with van der Waals surface area (Å²) in [5.74, 6) is 0. The molecule has 0 aromatic heterocycles. The molecule has 2 N–H and O–H groups in total. The van der Waals surface area contributed by atoms with Gasteiger partial charge in [0.1, 0.15) is 0 Å². The van der Waals surface area contributed by atoms with Crippen LogP contribution in [0.15, 0.2) is 53.5 Å². The van der Waals surface area contributed by atoms with Gasteiger partial charge in [0.25, 0.3) is 0 Å². The molecule has 0 saturated carbocycles. The minimum atomic E-state index is -2.37. The first-order chi connectivity index (χ1) is 10.9. The molecule has 0 bridgehead atoms. The van der Waals surface area contributed by atoms with E-state index < -0.39 is 27.5 Å². The summed E-state index contributed by atoms with van der Waals surface area (Å²) in [6.07, 6.45) is 0. The van der Waals surface area contributed by atoms with Crippen LogP contribution in [-0.4, -0.2) is 22.6 Å². The lowest BCUT2D eigenvalue weighted by Gasteiger charge is -2.11. The molecular formula is C16H17NO4S2. The third-order valence-electron chi connectivity index (χ3n) is 3.25. The summed E-state index contributed by atoms with van der Waals surface area (Å²) in [5.41, 5.74) is 2.95. The van der Waals surface area contributed by atoms with Crippen molar-refractivity contribution < 1.29 is 17.5 Å². The molecule has 0 spiro atoms. The molecular weight excluding hydrogens is 334 g/mol. The molecule has 2 rings (SSSR count). The van der Waals surface area contributed by atoms with E-state index in [0.29, 0.717) is 11.1 Å². The Morgan fingerprint density at radius 1 is 0.913 bits per heavy atom. The predicted octanol–water partition coefficient (Wildman–Crippen LogP) is 3.19. The fourth-order valence-corrected chi connectivity index (χ4v) is 3.18. The molecule has 2 aromatic rings. The number of aryl methyl sites for hydroxylation is 2. The van der Waals surface area contributed by atoms with E-state index in [1.165, 1.54) is 0 Å². The van der Waals surface area contributed by atoms with Crippen LogP contribution in [0, 0.1) is 13.8 Å². The minimum Gasteiger partial charge on any atom is -0.304 e. The fraction of sp³-hybridized carbons (Fsp3) is 0.188. The number of nitrogens with zero attached hydrogens (tertiary/aromatic N) is 1. The number of rotatable bonds is 4. The maximum Gasteiger partial charge on any atom is 0.205 e. The quantitative estimate of drug-likeness (QED) is 0.503. The van der Waals surface area contributed by atoms with Crippen LogP contribution in [0.2, 0.25) is 0 Å². The third kappa shape index (κ3) is 4.65. The van der Waals surface area contributed by atoms with Crippen LogP contribution < -0.4 is 0 Å². The van der Waals surface area contributed by atoms with Gasteiger partial charge in [0.05, 0.1) is 0 Å². The van der Waals surface area contributed by atoms with E-state index in [-0.39, 0.29) is 5.04 Å². The van der Waals surface area contributed by atoms with Crippen LogP contribution >= 0.6 is 0 Å². The Balaban J connectivity index is 2.49. The first-order valence-corrected chi connectivity index (χ1v) is 9.08. The highest BCUT2D eigenvalue weighted by Crippen LogP contribution is 2.23. The van der Waals surface area contributed by atoms with Crippen LogP contribution in [0.3, 0.4) is 0 Å². The Kier molecular flexibility index (Phi) is 5.95.